The maximum atomic E-state index is 14.9. The zero-order chi connectivity index (χ0) is 29.3. The molecule has 5 fully saturated rings. The molecular formula is C30H32F2N4O5. The summed E-state index contributed by atoms with van der Waals surface area (Å²) in [5, 5.41) is 4.92. The van der Waals surface area contributed by atoms with Gasteiger partial charge in [-0.15, -0.1) is 0 Å². The number of rotatable bonds is 6. The predicted octanol–water partition coefficient (Wildman–Crippen LogP) is 3.60. The summed E-state index contributed by atoms with van der Waals surface area (Å²) in [6.45, 7) is 4.63. The molecule has 5 aliphatic rings. The molecule has 3 saturated carbocycles. The van der Waals surface area contributed by atoms with Crippen molar-refractivity contribution in [2.75, 3.05) is 29.9 Å². The van der Waals surface area contributed by atoms with E-state index in [1.165, 1.54) is 12.1 Å². The van der Waals surface area contributed by atoms with Crippen molar-refractivity contribution in [3.8, 4) is 0 Å². The number of imide groups is 1. The molecule has 4 amide bonds. The van der Waals surface area contributed by atoms with Crippen LogP contribution in [0.1, 0.15) is 54.7 Å². The highest BCUT2D eigenvalue weighted by Crippen LogP contribution is 2.69. The molecule has 1 atom stereocenters. The van der Waals surface area contributed by atoms with Crippen LogP contribution in [0.25, 0.3) is 0 Å². The molecule has 2 heterocycles. The van der Waals surface area contributed by atoms with E-state index in [1.807, 2.05) is 32.0 Å². The first-order valence-electron chi connectivity index (χ1n) is 13.8. The number of nitrogens with zero attached hydrogens (tertiary/aromatic N) is 2. The molecule has 9 nitrogen and oxygen atoms in total. The first kappa shape index (κ1) is 27.2. The molecule has 7 rings (SSSR count). The molecule has 1 unspecified atom stereocenters. The fourth-order valence-corrected chi connectivity index (χ4v) is 6.80. The van der Waals surface area contributed by atoms with Crippen LogP contribution in [0.5, 0.6) is 0 Å². The summed E-state index contributed by atoms with van der Waals surface area (Å²) in [4.78, 5) is 52.7. The average Bonchev–Trinajstić information content (AvgIpc) is 2.84. The first-order valence-corrected chi connectivity index (χ1v) is 13.8. The lowest BCUT2D eigenvalue weighted by atomic mass is 9.40. The summed E-state index contributed by atoms with van der Waals surface area (Å²) in [6, 6.07) is 8.08. The van der Waals surface area contributed by atoms with Gasteiger partial charge in [-0.05, 0) is 49.6 Å². The lowest BCUT2D eigenvalue weighted by Gasteiger charge is -2.67. The molecule has 41 heavy (non-hydrogen) atoms. The molecule has 11 heteroatoms. The van der Waals surface area contributed by atoms with Gasteiger partial charge in [0, 0.05) is 62.8 Å². The van der Waals surface area contributed by atoms with Gasteiger partial charge in [0.05, 0.1) is 17.4 Å². The van der Waals surface area contributed by atoms with Crippen molar-refractivity contribution in [1.29, 1.82) is 0 Å². The third-order valence-corrected chi connectivity index (χ3v) is 9.00. The van der Waals surface area contributed by atoms with Crippen LogP contribution < -0.4 is 20.4 Å². The maximum Gasteiger partial charge on any atom is 0.408 e. The van der Waals surface area contributed by atoms with Crippen molar-refractivity contribution in [2.45, 2.75) is 63.5 Å². The van der Waals surface area contributed by atoms with E-state index in [2.05, 4.69) is 10.6 Å². The molecule has 2 saturated heterocycles. The van der Waals surface area contributed by atoms with E-state index in [4.69, 9.17) is 4.74 Å². The van der Waals surface area contributed by atoms with E-state index >= 15 is 0 Å². The van der Waals surface area contributed by atoms with Crippen LogP contribution in [-0.4, -0.2) is 55.6 Å². The monoisotopic (exact) mass is 566 g/mol. The van der Waals surface area contributed by atoms with Gasteiger partial charge in [-0.25, -0.2) is 13.6 Å². The van der Waals surface area contributed by atoms with Crippen LogP contribution in [0.3, 0.4) is 0 Å². The Hall–Kier alpha value is -4.02. The number of aryl methyl sites for hydroxylation is 2. The second-order valence-electron chi connectivity index (χ2n) is 12.1. The lowest BCUT2D eigenvalue weighted by molar-refractivity contribution is -0.246. The highest BCUT2D eigenvalue weighted by molar-refractivity contribution is 6.01. The van der Waals surface area contributed by atoms with Gasteiger partial charge in [0.1, 0.15) is 17.2 Å². The van der Waals surface area contributed by atoms with Gasteiger partial charge in [0.15, 0.2) is 0 Å². The summed E-state index contributed by atoms with van der Waals surface area (Å²) < 4.78 is 35.4. The number of carbonyl (C=O) groups excluding carboxylic acids is 4. The number of alkyl carbamates (subject to hydrolysis) is 1. The molecule has 2 aromatic rings. The highest BCUT2D eigenvalue weighted by atomic mass is 19.1. The van der Waals surface area contributed by atoms with Gasteiger partial charge in [0.2, 0.25) is 17.7 Å². The van der Waals surface area contributed by atoms with Crippen molar-refractivity contribution in [1.82, 2.24) is 10.6 Å². The van der Waals surface area contributed by atoms with Crippen molar-refractivity contribution < 1.29 is 32.7 Å². The highest BCUT2D eigenvalue weighted by Gasteiger charge is 2.75. The van der Waals surface area contributed by atoms with Crippen LogP contribution >= 0.6 is 0 Å². The van der Waals surface area contributed by atoms with E-state index in [1.54, 1.807) is 16.8 Å². The van der Waals surface area contributed by atoms with Crippen molar-refractivity contribution >= 4 is 35.2 Å². The van der Waals surface area contributed by atoms with Gasteiger partial charge < -0.3 is 19.9 Å². The molecule has 2 aliphatic heterocycles. The van der Waals surface area contributed by atoms with Gasteiger partial charge in [-0.2, -0.15) is 0 Å². The topological polar surface area (TPSA) is 108 Å². The zero-order valence-electron chi connectivity index (χ0n) is 23.2. The minimum absolute atomic E-state index is 0.0232. The van der Waals surface area contributed by atoms with Crippen LogP contribution in [0.4, 0.5) is 25.0 Å². The minimum atomic E-state index is -1.05. The third-order valence-electron chi connectivity index (χ3n) is 9.00. The number of amides is 4. The summed E-state index contributed by atoms with van der Waals surface area (Å²) in [5.41, 5.74) is 1.83. The van der Waals surface area contributed by atoms with E-state index in [0.717, 1.165) is 16.8 Å². The Morgan fingerprint density at radius 1 is 1.07 bits per heavy atom. The Balaban J connectivity index is 0.989. The smallest absolute Gasteiger partial charge is 0.408 e. The second-order valence-corrected chi connectivity index (χ2v) is 12.1. The number of hydrogen-bond donors (Lipinski definition) is 2. The number of carbonyl (C=O) groups is 4. The lowest BCUT2D eigenvalue weighted by Crippen LogP contribution is -2.74. The number of ether oxygens (including phenoxy) is 1. The minimum Gasteiger partial charge on any atom is -0.443 e. The molecular weight excluding hydrogens is 534 g/mol. The number of benzene rings is 2. The van der Waals surface area contributed by atoms with Crippen LogP contribution in [0.2, 0.25) is 0 Å². The molecule has 2 N–H and O–H groups in total. The Morgan fingerprint density at radius 2 is 1.73 bits per heavy atom. The number of nitrogens with one attached hydrogen (secondary N) is 2. The summed E-state index contributed by atoms with van der Waals surface area (Å²) in [5.74, 6) is -3.87. The Morgan fingerprint density at radius 3 is 2.37 bits per heavy atom. The average molecular weight is 567 g/mol. The Labute approximate surface area is 236 Å². The fourth-order valence-electron chi connectivity index (χ4n) is 6.80. The summed E-state index contributed by atoms with van der Waals surface area (Å²) >= 11 is 0. The van der Waals surface area contributed by atoms with E-state index in [9.17, 15) is 28.0 Å². The van der Waals surface area contributed by atoms with Crippen LogP contribution in [-0.2, 0) is 19.1 Å². The van der Waals surface area contributed by atoms with Crippen molar-refractivity contribution in [3.05, 3.63) is 58.7 Å². The molecule has 2 bridgehead atoms. The summed E-state index contributed by atoms with van der Waals surface area (Å²) in [7, 11) is 1.78. The zero-order valence-corrected chi connectivity index (χ0v) is 23.2. The van der Waals surface area contributed by atoms with Crippen LogP contribution in [0, 0.1) is 30.9 Å². The summed E-state index contributed by atoms with van der Waals surface area (Å²) in [6.07, 6.45) is 0.997. The number of halogens is 2. The Bertz CT molecular complexity index is 1440. The molecule has 2 aromatic carbocycles. The van der Waals surface area contributed by atoms with Gasteiger partial charge in [-0.1, -0.05) is 12.1 Å². The predicted molar refractivity (Wildman–Crippen MR) is 145 cm³/mol. The maximum absolute atomic E-state index is 14.9. The molecule has 0 radical (unpaired) electrons. The fraction of sp³-hybridized carbons (Fsp3) is 0.467. The van der Waals surface area contributed by atoms with Gasteiger partial charge >= 0.3 is 6.09 Å². The molecule has 0 aromatic heterocycles. The van der Waals surface area contributed by atoms with E-state index < -0.39 is 46.5 Å². The molecule has 3 aliphatic carbocycles. The van der Waals surface area contributed by atoms with Gasteiger partial charge in [-0.3, -0.25) is 19.7 Å². The normalized spacial score (nSPS) is 26.8. The standard InChI is InChI=1S/C30H32F2N4O5/c1-16-4-5-17(2)23(8-16)35(3)27(39)29-13-30(14-29,15-29)41-28(40)33-18-11-36(12-18)19-9-21(31)25(22(32)10-19)20-6-7-24(37)34-26(20)38/h4-5,8-10,18,20H,6-7,11-15H2,1-3H3,(H,33,40)(H,34,37,38). The third kappa shape index (κ3) is 4.61. The Kier molecular flexibility index (Phi) is 6.31. The SMILES string of the molecule is Cc1ccc(C)c(N(C)C(=O)C23CC(OC(=O)NC4CN(c5cc(F)c(C6CCC(=O)NC6=O)c(F)c5)C4)(C2)C3)c1. The molecule has 0 spiro atoms. The first-order chi connectivity index (χ1) is 19.4. The van der Waals surface area contributed by atoms with Crippen molar-refractivity contribution in [2.24, 2.45) is 5.41 Å². The number of piperidine rings is 1. The van der Waals surface area contributed by atoms with Crippen LogP contribution in [0.15, 0.2) is 30.3 Å². The molecule has 216 valence electrons. The quantitative estimate of drug-likeness (QED) is 0.518. The van der Waals surface area contributed by atoms with E-state index in [-0.39, 0.29) is 30.4 Å². The largest absolute Gasteiger partial charge is 0.443 e. The van der Waals surface area contributed by atoms with Crippen molar-refractivity contribution in [3.63, 3.8) is 0 Å². The number of hydrogen-bond acceptors (Lipinski definition) is 6. The van der Waals surface area contributed by atoms with Gasteiger partial charge in [0.25, 0.3) is 0 Å². The number of anilines is 2. The second kappa shape index (κ2) is 9.53. The van der Waals surface area contributed by atoms with E-state index in [0.29, 0.717) is 38.0 Å².